The standard InChI is InChI=1S/C21H23NO6/c1-12(23)19-11-18(27-13(19)2)9-10-20(25)28-14(3)21(26)16-5-7-17(8-6-16)22-15(4)24/h5-8,11,14H,9-10H2,1-4H3,(H,22,24)/t14-/m1/s1. The Balaban J connectivity index is 1.89. The second kappa shape index (κ2) is 9.12. The minimum atomic E-state index is -0.940. The van der Waals surface area contributed by atoms with Crippen molar-refractivity contribution in [1.82, 2.24) is 0 Å². The van der Waals surface area contributed by atoms with Gasteiger partial charge in [0.15, 0.2) is 11.9 Å². The maximum absolute atomic E-state index is 12.4. The van der Waals surface area contributed by atoms with Crippen LogP contribution in [0.15, 0.2) is 34.7 Å². The van der Waals surface area contributed by atoms with Gasteiger partial charge in [0.2, 0.25) is 11.7 Å². The summed E-state index contributed by atoms with van der Waals surface area (Å²) in [6, 6.07) is 7.96. The van der Waals surface area contributed by atoms with Gasteiger partial charge in [0.1, 0.15) is 11.5 Å². The lowest BCUT2D eigenvalue weighted by molar-refractivity contribution is -0.146. The van der Waals surface area contributed by atoms with Gasteiger partial charge in [-0.2, -0.15) is 0 Å². The van der Waals surface area contributed by atoms with Crippen molar-refractivity contribution in [3.05, 3.63) is 53.0 Å². The Morgan fingerprint density at radius 1 is 1.11 bits per heavy atom. The van der Waals surface area contributed by atoms with Crippen LogP contribution in [-0.4, -0.2) is 29.5 Å². The highest BCUT2D eigenvalue weighted by molar-refractivity contribution is 6.00. The molecular formula is C21H23NO6. The Labute approximate surface area is 163 Å². The number of furan rings is 1. The Hall–Kier alpha value is -3.22. The summed E-state index contributed by atoms with van der Waals surface area (Å²) in [7, 11) is 0. The third-order valence-electron chi connectivity index (χ3n) is 4.09. The average molecular weight is 385 g/mol. The van der Waals surface area contributed by atoms with Crippen molar-refractivity contribution in [2.24, 2.45) is 0 Å². The van der Waals surface area contributed by atoms with E-state index < -0.39 is 12.1 Å². The second-order valence-electron chi connectivity index (χ2n) is 6.49. The number of hydrogen-bond acceptors (Lipinski definition) is 6. The molecule has 2 aromatic rings. The number of Topliss-reactive ketones (excluding diaryl/α,β-unsaturated/α-hetero) is 2. The zero-order chi connectivity index (χ0) is 20.8. The average Bonchev–Trinajstić information content (AvgIpc) is 3.00. The number of esters is 1. The molecule has 148 valence electrons. The maximum Gasteiger partial charge on any atom is 0.306 e. The minimum Gasteiger partial charge on any atom is -0.466 e. The zero-order valence-electron chi connectivity index (χ0n) is 16.3. The summed E-state index contributed by atoms with van der Waals surface area (Å²) in [5.41, 5.74) is 1.45. The lowest BCUT2D eigenvalue weighted by Gasteiger charge is -2.12. The van der Waals surface area contributed by atoms with Crippen LogP contribution in [-0.2, 0) is 20.7 Å². The molecule has 0 bridgehead atoms. The molecule has 0 fully saturated rings. The number of nitrogens with one attached hydrogen (secondary N) is 1. The van der Waals surface area contributed by atoms with Crippen LogP contribution >= 0.6 is 0 Å². The lowest BCUT2D eigenvalue weighted by Crippen LogP contribution is -2.24. The number of benzene rings is 1. The van der Waals surface area contributed by atoms with Crippen molar-refractivity contribution in [2.45, 2.75) is 46.6 Å². The summed E-state index contributed by atoms with van der Waals surface area (Å²) in [4.78, 5) is 46.9. The number of hydrogen-bond donors (Lipinski definition) is 1. The third-order valence-corrected chi connectivity index (χ3v) is 4.09. The number of carbonyl (C=O) groups excluding carboxylic acids is 4. The lowest BCUT2D eigenvalue weighted by atomic mass is 10.1. The van der Waals surface area contributed by atoms with E-state index in [1.54, 1.807) is 37.3 Å². The van der Waals surface area contributed by atoms with Gasteiger partial charge in [-0.25, -0.2) is 0 Å². The molecule has 28 heavy (non-hydrogen) atoms. The van der Waals surface area contributed by atoms with Crippen LogP contribution < -0.4 is 5.32 Å². The van der Waals surface area contributed by atoms with E-state index in [-0.39, 0.29) is 30.3 Å². The highest BCUT2D eigenvalue weighted by atomic mass is 16.5. The molecule has 1 N–H and O–H groups in total. The van der Waals surface area contributed by atoms with E-state index in [9.17, 15) is 19.2 Å². The molecule has 7 nitrogen and oxygen atoms in total. The van der Waals surface area contributed by atoms with Crippen molar-refractivity contribution in [2.75, 3.05) is 5.32 Å². The van der Waals surface area contributed by atoms with Crippen LogP contribution in [0.4, 0.5) is 5.69 Å². The molecular weight excluding hydrogens is 362 g/mol. The number of ketones is 2. The second-order valence-corrected chi connectivity index (χ2v) is 6.49. The number of rotatable bonds is 8. The van der Waals surface area contributed by atoms with Crippen LogP contribution in [0.2, 0.25) is 0 Å². The van der Waals surface area contributed by atoms with E-state index in [1.807, 2.05) is 0 Å². The quantitative estimate of drug-likeness (QED) is 0.551. The summed E-state index contributed by atoms with van der Waals surface area (Å²) < 4.78 is 10.7. The van der Waals surface area contributed by atoms with Gasteiger partial charge < -0.3 is 14.5 Å². The van der Waals surface area contributed by atoms with Gasteiger partial charge in [-0.05, 0) is 51.1 Å². The van der Waals surface area contributed by atoms with Gasteiger partial charge in [0.05, 0.1) is 12.0 Å². The fourth-order valence-electron chi connectivity index (χ4n) is 2.71. The Morgan fingerprint density at radius 3 is 2.29 bits per heavy atom. The molecule has 0 unspecified atom stereocenters. The molecule has 1 aromatic carbocycles. The molecule has 1 atom stereocenters. The molecule has 0 radical (unpaired) electrons. The van der Waals surface area contributed by atoms with Crippen molar-refractivity contribution in [1.29, 1.82) is 0 Å². The van der Waals surface area contributed by atoms with Crippen molar-refractivity contribution >= 4 is 29.1 Å². The summed E-state index contributed by atoms with van der Waals surface area (Å²) in [5, 5.41) is 2.61. The van der Waals surface area contributed by atoms with Gasteiger partial charge >= 0.3 is 5.97 Å². The Kier molecular flexibility index (Phi) is 6.87. The van der Waals surface area contributed by atoms with Crippen LogP contribution in [0.25, 0.3) is 0 Å². The van der Waals surface area contributed by atoms with E-state index in [0.29, 0.717) is 28.3 Å². The van der Waals surface area contributed by atoms with Crippen LogP contribution in [0, 0.1) is 6.92 Å². The first-order chi connectivity index (χ1) is 13.2. The molecule has 0 aliphatic rings. The van der Waals surface area contributed by atoms with Gasteiger partial charge in [0, 0.05) is 24.6 Å². The van der Waals surface area contributed by atoms with E-state index in [2.05, 4.69) is 5.32 Å². The summed E-state index contributed by atoms with van der Waals surface area (Å²) in [5.74, 6) is -0.138. The van der Waals surface area contributed by atoms with E-state index in [4.69, 9.17) is 9.15 Å². The highest BCUT2D eigenvalue weighted by Gasteiger charge is 2.20. The molecule has 0 aliphatic carbocycles. The van der Waals surface area contributed by atoms with Crippen molar-refractivity contribution in [3.8, 4) is 0 Å². The predicted octanol–water partition coefficient (Wildman–Crippen LogP) is 3.50. The number of ether oxygens (including phenoxy) is 1. The fourth-order valence-corrected chi connectivity index (χ4v) is 2.71. The molecule has 0 saturated carbocycles. The van der Waals surface area contributed by atoms with Gasteiger partial charge in [-0.3, -0.25) is 19.2 Å². The summed E-state index contributed by atoms with van der Waals surface area (Å²) in [6.07, 6.45) is -0.631. The van der Waals surface area contributed by atoms with Gasteiger partial charge in [-0.15, -0.1) is 0 Å². The summed E-state index contributed by atoms with van der Waals surface area (Å²) >= 11 is 0. The number of amides is 1. The monoisotopic (exact) mass is 385 g/mol. The number of anilines is 1. The topological polar surface area (TPSA) is 103 Å². The highest BCUT2D eigenvalue weighted by Crippen LogP contribution is 2.17. The van der Waals surface area contributed by atoms with Crippen LogP contribution in [0.3, 0.4) is 0 Å². The maximum atomic E-state index is 12.4. The summed E-state index contributed by atoms with van der Waals surface area (Å²) in [6.45, 7) is 6.04. The number of aryl methyl sites for hydroxylation is 2. The van der Waals surface area contributed by atoms with Crippen LogP contribution in [0.1, 0.15) is 59.4 Å². The molecule has 0 spiro atoms. The van der Waals surface area contributed by atoms with Gasteiger partial charge in [0.25, 0.3) is 0 Å². The molecule has 0 saturated heterocycles. The van der Waals surface area contributed by atoms with Crippen molar-refractivity contribution in [3.63, 3.8) is 0 Å². The molecule has 1 heterocycles. The minimum absolute atomic E-state index is 0.0311. The van der Waals surface area contributed by atoms with Crippen LogP contribution in [0.5, 0.6) is 0 Å². The fraction of sp³-hybridized carbons (Fsp3) is 0.333. The van der Waals surface area contributed by atoms with Gasteiger partial charge in [-0.1, -0.05) is 0 Å². The first kappa shape index (κ1) is 21.1. The molecule has 0 aliphatic heterocycles. The third kappa shape index (κ3) is 5.64. The first-order valence-electron chi connectivity index (χ1n) is 8.89. The molecule has 7 heteroatoms. The molecule has 1 amide bonds. The Bertz CT molecular complexity index is 894. The molecule has 1 aromatic heterocycles. The zero-order valence-corrected chi connectivity index (χ0v) is 16.3. The molecule has 2 rings (SSSR count). The SMILES string of the molecule is CC(=O)Nc1ccc(C(=O)[C@@H](C)OC(=O)CCc2cc(C(C)=O)c(C)o2)cc1. The Morgan fingerprint density at radius 2 is 1.75 bits per heavy atom. The van der Waals surface area contributed by atoms with Crippen molar-refractivity contribution < 1.29 is 28.3 Å². The predicted molar refractivity (Wildman–Crippen MR) is 102 cm³/mol. The number of carbonyl (C=O) groups is 4. The largest absolute Gasteiger partial charge is 0.466 e. The first-order valence-corrected chi connectivity index (χ1v) is 8.89. The van der Waals surface area contributed by atoms with E-state index in [1.165, 1.54) is 20.8 Å². The van der Waals surface area contributed by atoms with E-state index >= 15 is 0 Å². The normalized spacial score (nSPS) is 11.6. The smallest absolute Gasteiger partial charge is 0.306 e. The van der Waals surface area contributed by atoms with E-state index in [0.717, 1.165) is 0 Å².